The smallest absolute Gasteiger partial charge is 0.341 e. The van der Waals surface area contributed by atoms with Gasteiger partial charge in [-0.1, -0.05) is 0 Å². The van der Waals surface area contributed by atoms with Gasteiger partial charge in [0.2, 0.25) is 5.43 Å². The van der Waals surface area contributed by atoms with Gasteiger partial charge in [0, 0.05) is 48.8 Å². The SMILES string of the molecule is C[C@@H]1NCCn2cc(-c3nc4c(cc3F)c(=O)c(C(=O)O)cn4-c3ccc(F)cc3F)cc21. The Morgan fingerprint density at radius 3 is 2.64 bits per heavy atom. The first-order valence-corrected chi connectivity index (χ1v) is 10.1. The number of halogens is 3. The van der Waals surface area contributed by atoms with Crippen LogP contribution in [0.15, 0.2) is 47.5 Å². The van der Waals surface area contributed by atoms with E-state index in [1.165, 1.54) is 0 Å². The van der Waals surface area contributed by atoms with E-state index < -0.39 is 34.4 Å². The predicted octanol–water partition coefficient (Wildman–Crippen LogP) is 3.63. The van der Waals surface area contributed by atoms with Crippen molar-refractivity contribution in [3.05, 3.63) is 81.7 Å². The molecule has 0 bridgehead atoms. The molecule has 0 aliphatic carbocycles. The van der Waals surface area contributed by atoms with Gasteiger partial charge in [-0.15, -0.1) is 0 Å². The molecule has 1 aromatic carbocycles. The predicted molar refractivity (Wildman–Crippen MR) is 114 cm³/mol. The summed E-state index contributed by atoms with van der Waals surface area (Å²) < 4.78 is 46.2. The molecule has 4 aromatic rings. The average Bonchev–Trinajstić information content (AvgIpc) is 3.20. The molecular formula is C23H17F3N4O3. The summed E-state index contributed by atoms with van der Waals surface area (Å²) in [6, 6.07) is 5.43. The number of carboxylic acid groups (broad SMARTS) is 1. The third-order valence-corrected chi connectivity index (χ3v) is 5.78. The zero-order chi connectivity index (χ0) is 23.4. The van der Waals surface area contributed by atoms with Gasteiger partial charge in [-0.2, -0.15) is 0 Å². The Morgan fingerprint density at radius 2 is 1.94 bits per heavy atom. The molecular weight excluding hydrogens is 437 g/mol. The molecule has 33 heavy (non-hydrogen) atoms. The summed E-state index contributed by atoms with van der Waals surface area (Å²) in [5.74, 6) is -4.22. The highest BCUT2D eigenvalue weighted by atomic mass is 19.1. The number of fused-ring (bicyclic) bond motifs is 2. The summed E-state index contributed by atoms with van der Waals surface area (Å²) >= 11 is 0. The Bertz CT molecular complexity index is 1510. The van der Waals surface area contributed by atoms with Crippen LogP contribution in [0.2, 0.25) is 0 Å². The maximum absolute atomic E-state index is 15.1. The van der Waals surface area contributed by atoms with Gasteiger partial charge >= 0.3 is 5.97 Å². The maximum atomic E-state index is 15.1. The molecule has 0 saturated carbocycles. The van der Waals surface area contributed by atoms with Gasteiger partial charge in [-0.3, -0.25) is 9.36 Å². The van der Waals surface area contributed by atoms with Crippen molar-refractivity contribution in [3.63, 3.8) is 0 Å². The van der Waals surface area contributed by atoms with Gasteiger partial charge in [0.1, 0.15) is 34.4 Å². The van der Waals surface area contributed by atoms with Crippen LogP contribution in [0.25, 0.3) is 28.0 Å². The number of rotatable bonds is 3. The van der Waals surface area contributed by atoms with Crippen LogP contribution in [-0.4, -0.2) is 31.7 Å². The molecule has 7 nitrogen and oxygen atoms in total. The molecule has 2 N–H and O–H groups in total. The van der Waals surface area contributed by atoms with Crippen molar-refractivity contribution < 1.29 is 23.1 Å². The summed E-state index contributed by atoms with van der Waals surface area (Å²) in [6.45, 7) is 3.40. The number of nitrogens with zero attached hydrogens (tertiary/aromatic N) is 3. The van der Waals surface area contributed by atoms with E-state index in [9.17, 15) is 23.5 Å². The lowest BCUT2D eigenvalue weighted by atomic mass is 10.1. The Balaban J connectivity index is 1.82. The molecule has 1 atom stereocenters. The van der Waals surface area contributed by atoms with E-state index in [-0.39, 0.29) is 28.5 Å². The normalized spacial score (nSPS) is 15.6. The number of pyridine rings is 2. The van der Waals surface area contributed by atoms with E-state index >= 15 is 4.39 Å². The first-order valence-electron chi connectivity index (χ1n) is 10.1. The van der Waals surface area contributed by atoms with Crippen molar-refractivity contribution in [1.82, 2.24) is 19.4 Å². The van der Waals surface area contributed by atoms with E-state index in [2.05, 4.69) is 10.3 Å². The minimum absolute atomic E-state index is 0.0423. The van der Waals surface area contributed by atoms with Gasteiger partial charge in [0.25, 0.3) is 0 Å². The Morgan fingerprint density at radius 1 is 1.15 bits per heavy atom. The second kappa shape index (κ2) is 7.59. The van der Waals surface area contributed by atoms with Crippen LogP contribution in [0.1, 0.15) is 29.0 Å². The van der Waals surface area contributed by atoms with Crippen molar-refractivity contribution in [3.8, 4) is 16.9 Å². The Labute approximate surface area is 184 Å². The summed E-state index contributed by atoms with van der Waals surface area (Å²) in [5, 5.41) is 12.4. The van der Waals surface area contributed by atoms with E-state index in [1.54, 1.807) is 12.3 Å². The molecule has 1 aliphatic rings. The topological polar surface area (TPSA) is 89.2 Å². The standard InChI is InChI=1S/C23H17F3N4O3/c1-11-19-6-12(9-29(19)5-4-27-11)20-17(26)8-14-21(31)15(23(32)33)10-30(22(14)28-20)18-3-2-13(24)7-16(18)25/h2-3,6-11,27H,4-5H2,1H3,(H,32,33)/t11-/m0/s1. The zero-order valence-electron chi connectivity index (χ0n) is 17.3. The maximum Gasteiger partial charge on any atom is 0.341 e. The highest BCUT2D eigenvalue weighted by Gasteiger charge is 2.23. The van der Waals surface area contributed by atoms with Gasteiger partial charge < -0.3 is 15.0 Å². The lowest BCUT2D eigenvalue weighted by Gasteiger charge is -2.22. The van der Waals surface area contributed by atoms with Crippen LogP contribution in [0, 0.1) is 17.5 Å². The van der Waals surface area contributed by atoms with Crippen LogP contribution in [0.4, 0.5) is 13.2 Å². The highest BCUT2D eigenvalue weighted by molar-refractivity contribution is 5.92. The molecule has 0 spiro atoms. The summed E-state index contributed by atoms with van der Waals surface area (Å²) in [7, 11) is 0. The first kappa shape index (κ1) is 21.0. The molecule has 0 radical (unpaired) electrons. The highest BCUT2D eigenvalue weighted by Crippen LogP contribution is 2.30. The van der Waals surface area contributed by atoms with Crippen molar-refractivity contribution >= 4 is 17.0 Å². The largest absolute Gasteiger partial charge is 0.477 e. The van der Waals surface area contributed by atoms with Gasteiger partial charge in [-0.25, -0.2) is 22.9 Å². The zero-order valence-corrected chi connectivity index (χ0v) is 17.3. The summed E-state index contributed by atoms with van der Waals surface area (Å²) in [5.41, 5.74) is -0.718. The van der Waals surface area contributed by atoms with E-state index in [1.807, 2.05) is 11.5 Å². The van der Waals surface area contributed by atoms with Crippen molar-refractivity contribution in [1.29, 1.82) is 0 Å². The van der Waals surface area contributed by atoms with E-state index in [0.29, 0.717) is 18.2 Å². The third kappa shape index (κ3) is 3.39. The monoisotopic (exact) mass is 454 g/mol. The Kier molecular flexibility index (Phi) is 4.82. The van der Waals surface area contributed by atoms with E-state index in [4.69, 9.17) is 0 Å². The minimum Gasteiger partial charge on any atom is -0.477 e. The number of aromatic nitrogens is 3. The van der Waals surface area contributed by atoms with Crippen LogP contribution >= 0.6 is 0 Å². The molecule has 0 amide bonds. The number of nitrogens with one attached hydrogen (secondary N) is 1. The van der Waals surface area contributed by atoms with Crippen molar-refractivity contribution in [2.45, 2.75) is 19.5 Å². The summed E-state index contributed by atoms with van der Waals surface area (Å²) in [4.78, 5) is 28.7. The number of hydrogen-bond donors (Lipinski definition) is 2. The molecule has 5 rings (SSSR count). The lowest BCUT2D eigenvalue weighted by molar-refractivity contribution is 0.0695. The molecule has 10 heteroatoms. The van der Waals surface area contributed by atoms with Gasteiger partial charge in [0.15, 0.2) is 0 Å². The number of hydrogen-bond acceptors (Lipinski definition) is 4. The van der Waals surface area contributed by atoms with E-state index in [0.717, 1.165) is 41.2 Å². The molecule has 0 unspecified atom stereocenters. The fourth-order valence-electron chi connectivity index (χ4n) is 4.16. The van der Waals surface area contributed by atoms with Gasteiger partial charge in [-0.05, 0) is 31.2 Å². The summed E-state index contributed by atoms with van der Waals surface area (Å²) in [6.07, 6.45) is 2.66. The molecule has 1 aliphatic heterocycles. The molecule has 0 saturated heterocycles. The number of carbonyl (C=O) groups is 1. The van der Waals surface area contributed by atoms with Gasteiger partial charge in [0.05, 0.1) is 11.1 Å². The molecule has 168 valence electrons. The van der Waals surface area contributed by atoms with Crippen LogP contribution in [0.5, 0.6) is 0 Å². The average molecular weight is 454 g/mol. The quantitative estimate of drug-likeness (QED) is 0.494. The van der Waals surface area contributed by atoms with Crippen LogP contribution in [0.3, 0.4) is 0 Å². The molecule has 4 heterocycles. The van der Waals surface area contributed by atoms with Crippen LogP contribution < -0.4 is 10.7 Å². The fraction of sp³-hybridized carbons (Fsp3) is 0.174. The first-order chi connectivity index (χ1) is 15.7. The number of carboxylic acids is 1. The second-order valence-electron chi connectivity index (χ2n) is 7.86. The Hall–Kier alpha value is -3.92. The molecule has 3 aromatic heterocycles. The molecule has 0 fully saturated rings. The van der Waals surface area contributed by atoms with Crippen LogP contribution in [-0.2, 0) is 6.54 Å². The minimum atomic E-state index is -1.57. The lowest BCUT2D eigenvalue weighted by Crippen LogP contribution is -2.30. The number of aromatic carboxylic acids is 1. The number of benzene rings is 1. The van der Waals surface area contributed by atoms with Crippen molar-refractivity contribution in [2.75, 3.05) is 6.54 Å². The fourth-order valence-corrected chi connectivity index (χ4v) is 4.16. The third-order valence-electron chi connectivity index (χ3n) is 5.78. The van der Waals surface area contributed by atoms with Crippen molar-refractivity contribution in [2.24, 2.45) is 0 Å². The second-order valence-corrected chi connectivity index (χ2v) is 7.86.